The van der Waals surface area contributed by atoms with Crippen molar-refractivity contribution in [2.45, 2.75) is 52.7 Å². The monoisotopic (exact) mass is 282 g/mol. The molecule has 0 aliphatic heterocycles. The van der Waals surface area contributed by atoms with Crippen LogP contribution in [0.25, 0.3) is 0 Å². The van der Waals surface area contributed by atoms with Gasteiger partial charge in [-0.3, -0.25) is 0 Å². The second-order valence-electron chi connectivity index (χ2n) is 6.56. The molecule has 19 heavy (non-hydrogen) atoms. The minimum Gasteiger partial charge on any atom is -0.373 e. The Morgan fingerprint density at radius 3 is 1.53 bits per heavy atom. The van der Waals surface area contributed by atoms with E-state index in [1.165, 1.54) is 0 Å². The molecule has 0 spiro atoms. The SMILES string of the molecule is CO[Si](OC(C)(C)C)(OC(C)(C)C)c1ccccc1. The molecular weight excluding hydrogens is 256 g/mol. The van der Waals surface area contributed by atoms with Gasteiger partial charge in [-0.25, -0.2) is 0 Å². The molecular formula is C15H26O3Si. The van der Waals surface area contributed by atoms with Crippen LogP contribution in [0.15, 0.2) is 30.3 Å². The maximum absolute atomic E-state index is 6.23. The van der Waals surface area contributed by atoms with Crippen LogP contribution in [0.2, 0.25) is 0 Å². The van der Waals surface area contributed by atoms with E-state index >= 15 is 0 Å². The van der Waals surface area contributed by atoms with Gasteiger partial charge in [-0.05, 0) is 41.5 Å². The average molecular weight is 282 g/mol. The van der Waals surface area contributed by atoms with Gasteiger partial charge in [0.25, 0.3) is 0 Å². The quantitative estimate of drug-likeness (QED) is 0.794. The van der Waals surface area contributed by atoms with Crippen LogP contribution in [0.1, 0.15) is 41.5 Å². The third-order valence-electron chi connectivity index (χ3n) is 2.28. The summed E-state index contributed by atoms with van der Waals surface area (Å²) >= 11 is 0. The summed E-state index contributed by atoms with van der Waals surface area (Å²) in [6.45, 7) is 12.1. The molecule has 0 saturated carbocycles. The van der Waals surface area contributed by atoms with Crippen LogP contribution >= 0.6 is 0 Å². The molecule has 1 rings (SSSR count). The highest BCUT2D eigenvalue weighted by Gasteiger charge is 2.48. The van der Waals surface area contributed by atoms with E-state index in [9.17, 15) is 0 Å². The molecule has 0 aliphatic rings. The molecule has 1 aromatic rings. The van der Waals surface area contributed by atoms with Crippen molar-refractivity contribution in [3.8, 4) is 0 Å². The van der Waals surface area contributed by atoms with E-state index in [-0.39, 0.29) is 11.2 Å². The van der Waals surface area contributed by atoms with Crippen LogP contribution in [0.5, 0.6) is 0 Å². The topological polar surface area (TPSA) is 27.7 Å². The van der Waals surface area contributed by atoms with Crippen LogP contribution in [0.4, 0.5) is 0 Å². The lowest BCUT2D eigenvalue weighted by Crippen LogP contribution is -2.61. The van der Waals surface area contributed by atoms with E-state index < -0.39 is 8.80 Å². The fraction of sp³-hybridized carbons (Fsp3) is 0.600. The molecule has 0 bridgehead atoms. The second kappa shape index (κ2) is 5.75. The van der Waals surface area contributed by atoms with Gasteiger partial charge in [0.2, 0.25) is 0 Å². The summed E-state index contributed by atoms with van der Waals surface area (Å²) in [5.41, 5.74) is -0.660. The van der Waals surface area contributed by atoms with Crippen LogP contribution in [0.3, 0.4) is 0 Å². The molecule has 0 N–H and O–H groups in total. The van der Waals surface area contributed by atoms with Crippen LogP contribution in [0, 0.1) is 0 Å². The number of rotatable bonds is 4. The first-order valence-electron chi connectivity index (χ1n) is 6.59. The minimum absolute atomic E-state index is 0.330. The standard InChI is InChI=1S/C15H26O3Si/c1-14(2,3)17-19(16-7,18-15(4,5)6)13-11-9-8-10-12-13/h8-12H,1-7H3. The highest BCUT2D eigenvalue weighted by Crippen LogP contribution is 2.24. The van der Waals surface area contributed by atoms with Crippen LogP contribution in [-0.4, -0.2) is 27.1 Å². The second-order valence-corrected chi connectivity index (χ2v) is 9.06. The lowest BCUT2D eigenvalue weighted by molar-refractivity contribution is -0.0263. The maximum Gasteiger partial charge on any atom is 0.537 e. The summed E-state index contributed by atoms with van der Waals surface area (Å²) in [7, 11) is -1.25. The smallest absolute Gasteiger partial charge is 0.373 e. The molecule has 0 atom stereocenters. The predicted molar refractivity (Wildman–Crippen MR) is 80.5 cm³/mol. The molecule has 0 heterocycles. The Labute approximate surface area is 118 Å². The van der Waals surface area contributed by atoms with Crippen LogP contribution < -0.4 is 5.19 Å². The number of benzene rings is 1. The Morgan fingerprint density at radius 2 is 1.21 bits per heavy atom. The summed E-state index contributed by atoms with van der Waals surface area (Å²) < 4.78 is 18.2. The zero-order chi connectivity index (χ0) is 14.7. The fourth-order valence-corrected chi connectivity index (χ4v) is 4.68. The van der Waals surface area contributed by atoms with Gasteiger partial charge in [0.05, 0.1) is 11.2 Å². The maximum atomic E-state index is 6.23. The molecule has 0 aromatic heterocycles. The summed E-state index contributed by atoms with van der Waals surface area (Å²) in [5.74, 6) is 0. The first-order chi connectivity index (χ1) is 8.58. The molecule has 3 nitrogen and oxygen atoms in total. The Balaban J connectivity index is 3.22. The van der Waals surface area contributed by atoms with Crippen molar-refractivity contribution >= 4 is 14.0 Å². The predicted octanol–water partition coefficient (Wildman–Crippen LogP) is 3.11. The molecule has 0 saturated heterocycles. The first kappa shape index (κ1) is 16.4. The molecule has 0 amide bonds. The zero-order valence-corrected chi connectivity index (χ0v) is 14.1. The van der Waals surface area contributed by atoms with E-state index in [1.54, 1.807) is 7.11 Å². The van der Waals surface area contributed by atoms with E-state index in [0.717, 1.165) is 5.19 Å². The van der Waals surface area contributed by atoms with Gasteiger partial charge in [0, 0.05) is 12.3 Å². The van der Waals surface area contributed by atoms with Crippen LogP contribution in [-0.2, 0) is 13.3 Å². The van der Waals surface area contributed by atoms with Crippen molar-refractivity contribution in [1.82, 2.24) is 0 Å². The van der Waals surface area contributed by atoms with Gasteiger partial charge in [-0.2, -0.15) is 0 Å². The highest BCUT2D eigenvalue weighted by molar-refractivity contribution is 6.75. The van der Waals surface area contributed by atoms with Gasteiger partial charge >= 0.3 is 8.80 Å². The zero-order valence-electron chi connectivity index (χ0n) is 13.1. The summed E-state index contributed by atoms with van der Waals surface area (Å²) in [6, 6.07) is 9.95. The van der Waals surface area contributed by atoms with E-state index in [1.807, 2.05) is 71.9 Å². The average Bonchev–Trinajstić information content (AvgIpc) is 2.25. The van der Waals surface area contributed by atoms with Crippen molar-refractivity contribution in [1.29, 1.82) is 0 Å². The number of hydrogen-bond acceptors (Lipinski definition) is 3. The Hall–Kier alpha value is -0.683. The molecule has 0 unspecified atom stereocenters. The third-order valence-corrected chi connectivity index (χ3v) is 5.62. The van der Waals surface area contributed by atoms with Gasteiger partial charge in [0.1, 0.15) is 0 Å². The van der Waals surface area contributed by atoms with Gasteiger partial charge < -0.3 is 13.3 Å². The van der Waals surface area contributed by atoms with Crippen molar-refractivity contribution in [3.63, 3.8) is 0 Å². The Kier molecular flexibility index (Phi) is 4.95. The lowest BCUT2D eigenvalue weighted by atomic mass is 10.2. The normalized spacial score (nSPS) is 13.6. The highest BCUT2D eigenvalue weighted by atomic mass is 28.4. The van der Waals surface area contributed by atoms with Crippen molar-refractivity contribution in [2.24, 2.45) is 0 Å². The first-order valence-corrected chi connectivity index (χ1v) is 8.31. The molecule has 4 heteroatoms. The summed E-state index contributed by atoms with van der Waals surface area (Å²) in [6.07, 6.45) is 0. The van der Waals surface area contributed by atoms with Gasteiger partial charge in [0.15, 0.2) is 0 Å². The Morgan fingerprint density at radius 1 is 0.789 bits per heavy atom. The van der Waals surface area contributed by atoms with Crippen molar-refractivity contribution < 1.29 is 13.3 Å². The lowest BCUT2D eigenvalue weighted by Gasteiger charge is -2.39. The molecule has 0 radical (unpaired) electrons. The molecule has 0 aliphatic carbocycles. The minimum atomic E-state index is -2.92. The molecule has 1 aromatic carbocycles. The van der Waals surface area contributed by atoms with Gasteiger partial charge in [-0.15, -0.1) is 0 Å². The van der Waals surface area contributed by atoms with Gasteiger partial charge in [-0.1, -0.05) is 30.3 Å². The largest absolute Gasteiger partial charge is 0.537 e. The Bertz CT molecular complexity index is 374. The number of hydrogen-bond donors (Lipinski definition) is 0. The van der Waals surface area contributed by atoms with E-state index in [2.05, 4.69) is 0 Å². The molecule has 108 valence electrons. The summed E-state index contributed by atoms with van der Waals surface area (Å²) in [4.78, 5) is 0. The third kappa shape index (κ3) is 5.07. The van der Waals surface area contributed by atoms with Crippen molar-refractivity contribution in [3.05, 3.63) is 30.3 Å². The van der Waals surface area contributed by atoms with E-state index in [4.69, 9.17) is 13.3 Å². The van der Waals surface area contributed by atoms with Crippen molar-refractivity contribution in [2.75, 3.05) is 7.11 Å². The fourth-order valence-electron chi connectivity index (χ4n) is 1.79. The molecule has 0 fully saturated rings. The summed E-state index contributed by atoms with van der Waals surface area (Å²) in [5, 5.41) is 0.988. The van der Waals surface area contributed by atoms with E-state index in [0.29, 0.717) is 0 Å².